The van der Waals surface area contributed by atoms with Crippen LogP contribution in [0.1, 0.15) is 47.5 Å². The molecule has 0 radical (unpaired) electrons. The largest absolute Gasteiger partial charge is 0.449 e. The molecule has 1 saturated heterocycles. The Morgan fingerprint density at radius 1 is 1.28 bits per heavy atom. The zero-order chi connectivity index (χ0) is 13.8. The molecule has 106 valence electrons. The van der Waals surface area contributed by atoms with Gasteiger partial charge in [0.1, 0.15) is 0 Å². The Kier molecular flexibility index (Phi) is 5.45. The van der Waals surface area contributed by atoms with Crippen LogP contribution < -0.4 is 5.32 Å². The fraction of sp³-hybridized carbons (Fsp3) is 0.929. The first-order valence-electron chi connectivity index (χ1n) is 7.01. The lowest BCUT2D eigenvalue weighted by Crippen LogP contribution is -2.54. The Morgan fingerprint density at radius 2 is 1.83 bits per heavy atom. The zero-order valence-corrected chi connectivity index (χ0v) is 12.5. The molecule has 0 aromatic heterocycles. The van der Waals surface area contributed by atoms with Crippen molar-refractivity contribution in [3.05, 3.63) is 0 Å². The summed E-state index contributed by atoms with van der Waals surface area (Å²) in [6, 6.07) is 0.586. The van der Waals surface area contributed by atoms with Crippen molar-refractivity contribution in [1.82, 2.24) is 10.2 Å². The van der Waals surface area contributed by atoms with Crippen LogP contribution in [0, 0.1) is 5.92 Å². The number of ether oxygens (including phenoxy) is 1. The minimum atomic E-state index is -0.274. The Bertz CT molecular complexity index is 269. The number of hydrogen-bond acceptors (Lipinski definition) is 3. The van der Waals surface area contributed by atoms with Crippen molar-refractivity contribution in [2.75, 3.05) is 19.7 Å². The van der Waals surface area contributed by atoms with Crippen molar-refractivity contribution in [2.24, 2.45) is 5.92 Å². The molecule has 4 nitrogen and oxygen atoms in total. The van der Waals surface area contributed by atoms with Crippen LogP contribution in [0.15, 0.2) is 0 Å². The lowest BCUT2D eigenvalue weighted by Gasteiger charge is -2.41. The van der Waals surface area contributed by atoms with Crippen molar-refractivity contribution in [1.29, 1.82) is 0 Å². The Balaban J connectivity index is 2.36. The fourth-order valence-corrected chi connectivity index (χ4v) is 2.18. The van der Waals surface area contributed by atoms with Gasteiger partial charge in [0.2, 0.25) is 0 Å². The molecule has 1 heterocycles. The third-order valence-electron chi connectivity index (χ3n) is 3.58. The number of carbonyl (C=O) groups is 1. The Hall–Kier alpha value is -0.770. The van der Waals surface area contributed by atoms with E-state index in [4.69, 9.17) is 4.74 Å². The van der Waals surface area contributed by atoms with Gasteiger partial charge in [-0.15, -0.1) is 0 Å². The molecular formula is C14H28N2O2. The predicted octanol–water partition coefficient (Wildman–Crippen LogP) is 2.63. The minimum Gasteiger partial charge on any atom is -0.449 e. The maximum atomic E-state index is 11.7. The van der Waals surface area contributed by atoms with Crippen molar-refractivity contribution < 1.29 is 9.53 Å². The van der Waals surface area contributed by atoms with E-state index in [0.29, 0.717) is 18.6 Å². The number of nitrogens with one attached hydrogen (secondary N) is 1. The molecule has 1 aliphatic rings. The second-order valence-electron chi connectivity index (χ2n) is 6.31. The molecule has 0 bridgehead atoms. The monoisotopic (exact) mass is 256 g/mol. The number of carbonyl (C=O) groups excluding carboxylic acids is 1. The first-order valence-corrected chi connectivity index (χ1v) is 7.01. The average molecular weight is 256 g/mol. The highest BCUT2D eigenvalue weighted by molar-refractivity contribution is 5.68. The third kappa shape index (κ3) is 4.84. The number of nitrogens with zero attached hydrogens (tertiary/aromatic N) is 1. The van der Waals surface area contributed by atoms with Crippen LogP contribution in [0.2, 0.25) is 0 Å². The second-order valence-corrected chi connectivity index (χ2v) is 6.31. The third-order valence-corrected chi connectivity index (χ3v) is 3.58. The van der Waals surface area contributed by atoms with E-state index in [9.17, 15) is 4.79 Å². The van der Waals surface area contributed by atoms with Crippen LogP contribution in [-0.4, -0.2) is 42.3 Å². The number of amides is 1. The molecule has 0 saturated carbocycles. The van der Waals surface area contributed by atoms with Crippen molar-refractivity contribution in [3.63, 3.8) is 0 Å². The number of hydrogen-bond donors (Lipinski definition) is 1. The van der Waals surface area contributed by atoms with E-state index < -0.39 is 0 Å². The summed E-state index contributed by atoms with van der Waals surface area (Å²) < 4.78 is 5.18. The molecule has 1 amide bonds. The fourth-order valence-electron chi connectivity index (χ4n) is 2.18. The van der Waals surface area contributed by atoms with Crippen LogP contribution in [0.3, 0.4) is 0 Å². The van der Waals surface area contributed by atoms with Gasteiger partial charge in [0, 0.05) is 24.7 Å². The summed E-state index contributed by atoms with van der Waals surface area (Å²) in [7, 11) is 0. The van der Waals surface area contributed by atoms with Gasteiger partial charge in [0.25, 0.3) is 0 Å². The molecule has 1 fully saturated rings. The summed E-state index contributed by atoms with van der Waals surface area (Å²) in [4.78, 5) is 14.1. The molecule has 1 aliphatic heterocycles. The lowest BCUT2D eigenvalue weighted by atomic mass is 9.89. The Morgan fingerprint density at radius 3 is 2.28 bits per heavy atom. The van der Waals surface area contributed by atoms with E-state index in [1.807, 2.05) is 13.8 Å². The number of likely N-dealkylation sites (tertiary alicyclic amines) is 1. The summed E-state index contributed by atoms with van der Waals surface area (Å²) in [6.07, 6.45) is 1.70. The molecule has 0 unspecified atom stereocenters. The predicted molar refractivity (Wildman–Crippen MR) is 73.7 cm³/mol. The minimum absolute atomic E-state index is 0.112. The van der Waals surface area contributed by atoms with Gasteiger partial charge in [-0.05, 0) is 39.5 Å². The molecule has 0 spiro atoms. The normalized spacial score (nSPS) is 20.2. The van der Waals surface area contributed by atoms with Crippen molar-refractivity contribution in [3.8, 4) is 0 Å². The van der Waals surface area contributed by atoms with Crippen molar-refractivity contribution in [2.45, 2.75) is 59.0 Å². The van der Waals surface area contributed by atoms with Gasteiger partial charge in [-0.2, -0.15) is 0 Å². The molecule has 4 heteroatoms. The topological polar surface area (TPSA) is 41.6 Å². The maximum Gasteiger partial charge on any atom is 0.407 e. The van der Waals surface area contributed by atoms with Gasteiger partial charge in [0.05, 0.1) is 6.61 Å². The number of rotatable bonds is 4. The first-order chi connectivity index (χ1) is 8.32. The molecule has 1 N–H and O–H groups in total. The summed E-state index contributed by atoms with van der Waals surface area (Å²) in [5.41, 5.74) is -0.112. The molecule has 0 atom stereocenters. The van der Waals surface area contributed by atoms with Gasteiger partial charge in [-0.25, -0.2) is 4.79 Å². The Labute approximate surface area is 111 Å². The van der Waals surface area contributed by atoms with Crippen LogP contribution in [0.4, 0.5) is 4.79 Å². The summed E-state index contributed by atoms with van der Waals surface area (Å²) in [6.45, 7) is 13.2. The standard InChI is InChI=1S/C14H28N2O2/c1-11(2)10-18-13(17)15-14(5)6-8-16(9-7-14)12(3)4/h11-12H,6-10H2,1-5H3,(H,15,17). The van der Waals surface area contributed by atoms with Crippen LogP contribution in [0.25, 0.3) is 0 Å². The zero-order valence-electron chi connectivity index (χ0n) is 12.5. The highest BCUT2D eigenvalue weighted by Gasteiger charge is 2.32. The number of piperidine rings is 1. The second kappa shape index (κ2) is 6.41. The quantitative estimate of drug-likeness (QED) is 0.840. The van der Waals surface area contributed by atoms with Gasteiger partial charge in [-0.3, -0.25) is 0 Å². The maximum absolute atomic E-state index is 11.7. The van der Waals surface area contributed by atoms with Crippen molar-refractivity contribution >= 4 is 6.09 Å². The van der Waals surface area contributed by atoms with E-state index >= 15 is 0 Å². The lowest BCUT2D eigenvalue weighted by molar-refractivity contribution is 0.0929. The van der Waals surface area contributed by atoms with Gasteiger partial charge >= 0.3 is 6.09 Å². The van der Waals surface area contributed by atoms with Gasteiger partial charge < -0.3 is 15.0 Å². The van der Waals surface area contributed by atoms with Crippen LogP contribution in [-0.2, 0) is 4.74 Å². The van der Waals surface area contributed by atoms with E-state index in [2.05, 4.69) is 31.0 Å². The van der Waals surface area contributed by atoms with E-state index in [1.54, 1.807) is 0 Å². The molecule has 0 aromatic carbocycles. The summed E-state index contributed by atoms with van der Waals surface area (Å²) in [5, 5.41) is 3.02. The first kappa shape index (κ1) is 15.3. The van der Waals surface area contributed by atoms with E-state index in [1.165, 1.54) is 0 Å². The smallest absolute Gasteiger partial charge is 0.407 e. The van der Waals surface area contributed by atoms with E-state index in [-0.39, 0.29) is 11.6 Å². The van der Waals surface area contributed by atoms with Gasteiger partial charge in [-0.1, -0.05) is 13.8 Å². The van der Waals surface area contributed by atoms with Gasteiger partial charge in [0.15, 0.2) is 0 Å². The number of alkyl carbamates (subject to hydrolysis) is 1. The highest BCUT2D eigenvalue weighted by atomic mass is 16.5. The van der Waals surface area contributed by atoms with Crippen LogP contribution >= 0.6 is 0 Å². The molecular weight excluding hydrogens is 228 g/mol. The summed E-state index contributed by atoms with van der Waals surface area (Å²) in [5.74, 6) is 0.381. The highest BCUT2D eigenvalue weighted by Crippen LogP contribution is 2.23. The molecule has 1 rings (SSSR count). The molecule has 18 heavy (non-hydrogen) atoms. The molecule has 0 aliphatic carbocycles. The van der Waals surface area contributed by atoms with Crippen LogP contribution in [0.5, 0.6) is 0 Å². The summed E-state index contributed by atoms with van der Waals surface area (Å²) >= 11 is 0. The van der Waals surface area contributed by atoms with E-state index in [0.717, 1.165) is 25.9 Å². The molecule has 0 aromatic rings. The SMILES string of the molecule is CC(C)COC(=O)NC1(C)CCN(C(C)C)CC1. The average Bonchev–Trinajstić information content (AvgIpc) is 2.26.